The zero-order chi connectivity index (χ0) is 17.3. The number of cyclic esters (lactones) is 1. The molecule has 2 aromatic rings. The Labute approximate surface area is 137 Å². The average molecular weight is 352 g/mol. The number of benzene rings is 2. The van der Waals surface area contributed by atoms with E-state index in [-0.39, 0.29) is 29.4 Å². The minimum atomic E-state index is -4.28. The Bertz CT molecular complexity index is 907. The maximum absolute atomic E-state index is 13.3. The van der Waals surface area contributed by atoms with Crippen LogP contribution in [0.1, 0.15) is 11.1 Å². The molecule has 0 saturated carbocycles. The summed E-state index contributed by atoms with van der Waals surface area (Å²) in [6, 6.07) is 7.64. The van der Waals surface area contributed by atoms with Crippen molar-refractivity contribution in [2.45, 2.75) is 17.9 Å². The van der Waals surface area contributed by atoms with Gasteiger partial charge in [-0.05, 0) is 29.8 Å². The third-order valence-electron chi connectivity index (χ3n) is 3.53. The maximum atomic E-state index is 13.3. The van der Waals surface area contributed by atoms with Crippen LogP contribution >= 0.6 is 0 Å². The summed E-state index contributed by atoms with van der Waals surface area (Å²) >= 11 is 0. The van der Waals surface area contributed by atoms with Gasteiger partial charge in [0.25, 0.3) is 0 Å². The SMILES string of the molecule is COc1ccc2c(c1OS(=O)(=O)c1cccc(F)c1)COC(=O)C2. The van der Waals surface area contributed by atoms with E-state index >= 15 is 0 Å². The molecule has 0 fully saturated rings. The highest BCUT2D eigenvalue weighted by molar-refractivity contribution is 7.87. The van der Waals surface area contributed by atoms with Crippen LogP contribution in [-0.2, 0) is 32.7 Å². The molecule has 0 spiro atoms. The minimum Gasteiger partial charge on any atom is -0.493 e. The fourth-order valence-corrected chi connectivity index (χ4v) is 3.36. The Morgan fingerprint density at radius 2 is 2.00 bits per heavy atom. The third-order valence-corrected chi connectivity index (χ3v) is 4.75. The molecule has 8 heteroatoms. The Morgan fingerprint density at radius 1 is 1.21 bits per heavy atom. The quantitative estimate of drug-likeness (QED) is 0.620. The van der Waals surface area contributed by atoms with Gasteiger partial charge in [-0.15, -0.1) is 0 Å². The molecule has 0 aromatic heterocycles. The average Bonchev–Trinajstić information content (AvgIpc) is 2.54. The zero-order valence-corrected chi connectivity index (χ0v) is 13.4. The van der Waals surface area contributed by atoms with Gasteiger partial charge in [-0.2, -0.15) is 8.42 Å². The molecule has 0 amide bonds. The number of carbonyl (C=O) groups is 1. The number of hydrogen-bond acceptors (Lipinski definition) is 6. The van der Waals surface area contributed by atoms with Crippen molar-refractivity contribution in [1.82, 2.24) is 0 Å². The Balaban J connectivity index is 2.06. The summed E-state index contributed by atoms with van der Waals surface area (Å²) in [5.41, 5.74) is 1.01. The molecule has 0 bridgehead atoms. The molecule has 0 aliphatic carbocycles. The predicted molar refractivity (Wildman–Crippen MR) is 80.7 cm³/mol. The van der Waals surface area contributed by atoms with Crippen LogP contribution in [0, 0.1) is 5.82 Å². The molecule has 6 nitrogen and oxygen atoms in total. The molecular formula is C16H13FO6S. The summed E-state index contributed by atoms with van der Waals surface area (Å²) in [7, 11) is -2.92. The van der Waals surface area contributed by atoms with Crippen LogP contribution in [-0.4, -0.2) is 21.5 Å². The largest absolute Gasteiger partial charge is 0.493 e. The highest BCUT2D eigenvalue weighted by Gasteiger charge is 2.27. The van der Waals surface area contributed by atoms with Gasteiger partial charge >= 0.3 is 16.1 Å². The second-order valence-corrected chi connectivity index (χ2v) is 6.61. The molecule has 0 atom stereocenters. The number of rotatable bonds is 4. The van der Waals surface area contributed by atoms with E-state index in [1.807, 2.05) is 0 Å². The third kappa shape index (κ3) is 3.05. The van der Waals surface area contributed by atoms with Gasteiger partial charge in [-0.3, -0.25) is 4.79 Å². The summed E-state index contributed by atoms with van der Waals surface area (Å²) in [4.78, 5) is 11.1. The van der Waals surface area contributed by atoms with Crippen LogP contribution in [0.25, 0.3) is 0 Å². The van der Waals surface area contributed by atoms with Crippen molar-refractivity contribution in [3.8, 4) is 11.5 Å². The van der Waals surface area contributed by atoms with E-state index in [4.69, 9.17) is 13.7 Å². The van der Waals surface area contributed by atoms with Gasteiger partial charge in [-0.1, -0.05) is 12.1 Å². The maximum Gasteiger partial charge on any atom is 0.339 e. The molecule has 1 heterocycles. The predicted octanol–water partition coefficient (Wildman–Crippen LogP) is 2.20. The first-order chi connectivity index (χ1) is 11.4. The second kappa shape index (κ2) is 6.12. The fourth-order valence-electron chi connectivity index (χ4n) is 2.36. The molecule has 0 unspecified atom stereocenters. The Hall–Kier alpha value is -2.61. The lowest BCUT2D eigenvalue weighted by Crippen LogP contribution is -2.19. The molecule has 0 radical (unpaired) electrons. The van der Waals surface area contributed by atoms with E-state index in [0.717, 1.165) is 12.1 Å². The molecule has 24 heavy (non-hydrogen) atoms. The van der Waals surface area contributed by atoms with Gasteiger partial charge in [-0.25, -0.2) is 4.39 Å². The molecule has 1 aliphatic heterocycles. The normalized spacial score (nSPS) is 13.8. The number of esters is 1. The summed E-state index contributed by atoms with van der Waals surface area (Å²) in [5, 5.41) is 0. The van der Waals surface area contributed by atoms with Crippen molar-refractivity contribution >= 4 is 16.1 Å². The lowest BCUT2D eigenvalue weighted by molar-refractivity contribution is -0.145. The standard InChI is InChI=1S/C16H13FO6S/c1-21-14-6-5-10-7-15(18)22-9-13(10)16(14)23-24(19,20)12-4-2-3-11(17)8-12/h2-6,8H,7,9H2,1H3. The van der Waals surface area contributed by atoms with Gasteiger partial charge in [0.1, 0.15) is 17.3 Å². The molecule has 0 saturated heterocycles. The van der Waals surface area contributed by atoms with E-state index < -0.39 is 21.9 Å². The lowest BCUT2D eigenvalue weighted by Gasteiger charge is -2.21. The fraction of sp³-hybridized carbons (Fsp3) is 0.188. The molecule has 126 valence electrons. The minimum absolute atomic E-state index is 0.00962. The summed E-state index contributed by atoms with van der Waals surface area (Å²) in [6.07, 6.45) is 0.00962. The molecule has 3 rings (SSSR count). The molecular weight excluding hydrogens is 339 g/mol. The second-order valence-electron chi connectivity index (χ2n) is 5.07. The van der Waals surface area contributed by atoms with E-state index in [0.29, 0.717) is 11.1 Å². The molecule has 2 aromatic carbocycles. The highest BCUT2D eigenvalue weighted by Crippen LogP contribution is 2.38. The van der Waals surface area contributed by atoms with Crippen LogP contribution in [0.15, 0.2) is 41.3 Å². The van der Waals surface area contributed by atoms with Crippen LogP contribution in [0.2, 0.25) is 0 Å². The number of carbonyl (C=O) groups excluding carboxylic acids is 1. The van der Waals surface area contributed by atoms with Crippen LogP contribution in [0.4, 0.5) is 4.39 Å². The topological polar surface area (TPSA) is 78.9 Å². The first kappa shape index (κ1) is 16.3. The van der Waals surface area contributed by atoms with Crippen molar-refractivity contribution < 1.29 is 31.3 Å². The molecule has 0 N–H and O–H groups in total. The number of halogens is 1. The van der Waals surface area contributed by atoms with Crippen molar-refractivity contribution in [1.29, 1.82) is 0 Å². The summed E-state index contributed by atoms with van der Waals surface area (Å²) < 4.78 is 53.4. The van der Waals surface area contributed by atoms with Gasteiger partial charge in [0.2, 0.25) is 0 Å². The van der Waals surface area contributed by atoms with Crippen molar-refractivity contribution in [2.75, 3.05) is 7.11 Å². The lowest BCUT2D eigenvalue weighted by atomic mass is 10.0. The van der Waals surface area contributed by atoms with Gasteiger partial charge in [0, 0.05) is 5.56 Å². The Kier molecular flexibility index (Phi) is 4.15. The van der Waals surface area contributed by atoms with Crippen LogP contribution in [0.3, 0.4) is 0 Å². The number of fused-ring (bicyclic) bond motifs is 1. The van der Waals surface area contributed by atoms with Crippen LogP contribution < -0.4 is 8.92 Å². The smallest absolute Gasteiger partial charge is 0.339 e. The van der Waals surface area contributed by atoms with Crippen molar-refractivity contribution in [3.05, 3.63) is 53.3 Å². The van der Waals surface area contributed by atoms with Crippen molar-refractivity contribution in [3.63, 3.8) is 0 Å². The highest BCUT2D eigenvalue weighted by atomic mass is 32.2. The van der Waals surface area contributed by atoms with Crippen LogP contribution in [0.5, 0.6) is 11.5 Å². The van der Waals surface area contributed by atoms with E-state index in [2.05, 4.69) is 0 Å². The Morgan fingerprint density at radius 3 is 2.71 bits per heavy atom. The van der Waals surface area contributed by atoms with Gasteiger partial charge in [0.15, 0.2) is 11.5 Å². The first-order valence-corrected chi connectivity index (χ1v) is 8.36. The monoisotopic (exact) mass is 352 g/mol. The van der Waals surface area contributed by atoms with E-state index in [1.165, 1.54) is 25.3 Å². The van der Waals surface area contributed by atoms with Gasteiger partial charge < -0.3 is 13.7 Å². The van der Waals surface area contributed by atoms with E-state index in [1.54, 1.807) is 6.07 Å². The number of methoxy groups -OCH3 is 1. The first-order valence-electron chi connectivity index (χ1n) is 6.95. The number of ether oxygens (including phenoxy) is 2. The number of hydrogen-bond donors (Lipinski definition) is 0. The summed E-state index contributed by atoms with van der Waals surface area (Å²) in [5.74, 6) is -0.999. The zero-order valence-electron chi connectivity index (χ0n) is 12.6. The van der Waals surface area contributed by atoms with Crippen molar-refractivity contribution in [2.24, 2.45) is 0 Å². The van der Waals surface area contributed by atoms with E-state index in [9.17, 15) is 17.6 Å². The molecule has 1 aliphatic rings. The van der Waals surface area contributed by atoms with Gasteiger partial charge in [0.05, 0.1) is 13.5 Å². The summed E-state index contributed by atoms with van der Waals surface area (Å²) in [6.45, 7) is -0.126.